The third kappa shape index (κ3) is 3.42. The van der Waals surface area contributed by atoms with Gasteiger partial charge in [-0.1, -0.05) is 0 Å². The summed E-state index contributed by atoms with van der Waals surface area (Å²) in [6.07, 6.45) is 0.781. The number of rotatable bonds is 3. The summed E-state index contributed by atoms with van der Waals surface area (Å²) < 4.78 is 20.6. The maximum atomic E-state index is 13.4. The summed E-state index contributed by atoms with van der Waals surface area (Å²) in [6.45, 7) is 3.92. The molecule has 2 amide bonds. The number of nitrogen functional groups attached to an aromatic ring is 1. The first kappa shape index (κ1) is 16.1. The van der Waals surface area contributed by atoms with Gasteiger partial charge in [-0.25, -0.2) is 9.18 Å². The maximum absolute atomic E-state index is 13.4. The smallest absolute Gasteiger partial charge is 0.322 e. The minimum atomic E-state index is -0.411. The first-order valence-corrected chi connectivity index (χ1v) is 7.87. The average Bonchev–Trinajstić information content (AvgIpc) is 2.77. The van der Waals surface area contributed by atoms with Crippen molar-refractivity contribution in [2.75, 3.05) is 24.2 Å². The fourth-order valence-corrected chi connectivity index (χ4v) is 2.73. The molecule has 1 aliphatic heterocycles. The minimum absolute atomic E-state index is 0.268. The van der Waals surface area contributed by atoms with Crippen molar-refractivity contribution in [2.45, 2.75) is 26.4 Å². The molecule has 24 heavy (non-hydrogen) atoms. The van der Waals surface area contributed by atoms with Crippen LogP contribution in [-0.4, -0.2) is 33.9 Å². The molecule has 2 heterocycles. The molecule has 0 unspecified atom stereocenters. The van der Waals surface area contributed by atoms with E-state index in [9.17, 15) is 9.18 Å². The van der Waals surface area contributed by atoms with Gasteiger partial charge in [0.25, 0.3) is 0 Å². The number of anilines is 2. The Morgan fingerprint density at radius 1 is 1.42 bits per heavy atom. The molecule has 0 spiro atoms. The van der Waals surface area contributed by atoms with E-state index in [1.807, 2.05) is 4.68 Å². The van der Waals surface area contributed by atoms with E-state index in [0.29, 0.717) is 37.0 Å². The van der Waals surface area contributed by atoms with E-state index in [4.69, 9.17) is 10.5 Å². The van der Waals surface area contributed by atoms with Crippen LogP contribution in [0.25, 0.3) is 0 Å². The van der Waals surface area contributed by atoms with Crippen LogP contribution in [0.5, 0.6) is 5.75 Å². The maximum Gasteiger partial charge on any atom is 0.322 e. The number of hydrogen-bond donors (Lipinski definition) is 2. The Morgan fingerprint density at radius 2 is 2.25 bits per heavy atom. The molecule has 2 aromatic rings. The number of ether oxygens (including phenoxy) is 1. The van der Waals surface area contributed by atoms with Crippen LogP contribution in [0, 0.1) is 5.82 Å². The van der Waals surface area contributed by atoms with Crippen LogP contribution in [0.2, 0.25) is 0 Å². The number of aryl methyl sites for hydroxylation is 1. The van der Waals surface area contributed by atoms with E-state index < -0.39 is 5.82 Å². The molecule has 0 bridgehead atoms. The fraction of sp³-hybridized carbons (Fsp3) is 0.375. The van der Waals surface area contributed by atoms with E-state index in [2.05, 4.69) is 10.4 Å². The third-order valence-electron chi connectivity index (χ3n) is 3.81. The number of hydrogen-bond acceptors (Lipinski definition) is 4. The Balaban J connectivity index is 1.75. The lowest BCUT2D eigenvalue weighted by Gasteiger charge is -2.21. The van der Waals surface area contributed by atoms with Crippen LogP contribution < -0.4 is 15.8 Å². The SMILES string of the molecule is CCOc1cc(F)ccc1NC(=O)N1CCCn2nc(N)cc2C1. The van der Waals surface area contributed by atoms with Gasteiger partial charge in [0.15, 0.2) is 0 Å². The standard InChI is InChI=1S/C16H20FN5O2/c1-2-24-14-8-11(17)4-5-13(14)19-16(23)21-6-3-7-22-12(10-21)9-15(18)20-22/h4-5,8-9H,2-3,6-7,10H2,1H3,(H2,18,20)(H,19,23). The monoisotopic (exact) mass is 333 g/mol. The van der Waals surface area contributed by atoms with Crippen molar-refractivity contribution in [3.63, 3.8) is 0 Å². The van der Waals surface area contributed by atoms with Crippen molar-refractivity contribution in [3.05, 3.63) is 35.8 Å². The number of nitrogens with two attached hydrogens (primary N) is 1. The number of carbonyl (C=O) groups excluding carboxylic acids is 1. The Hall–Kier alpha value is -2.77. The zero-order valence-corrected chi connectivity index (χ0v) is 13.5. The highest BCUT2D eigenvalue weighted by Crippen LogP contribution is 2.26. The number of halogens is 1. The second-order valence-corrected chi connectivity index (χ2v) is 5.56. The lowest BCUT2D eigenvalue weighted by Crippen LogP contribution is -2.34. The Kier molecular flexibility index (Phi) is 4.54. The normalized spacial score (nSPS) is 14.0. The van der Waals surface area contributed by atoms with Crippen LogP contribution in [0.4, 0.5) is 20.7 Å². The fourth-order valence-electron chi connectivity index (χ4n) is 2.73. The van der Waals surface area contributed by atoms with Crippen LogP contribution in [0.15, 0.2) is 24.3 Å². The third-order valence-corrected chi connectivity index (χ3v) is 3.81. The quantitative estimate of drug-likeness (QED) is 0.903. The summed E-state index contributed by atoms with van der Waals surface area (Å²) in [5.41, 5.74) is 7.06. The second kappa shape index (κ2) is 6.77. The van der Waals surface area contributed by atoms with Gasteiger partial charge in [-0.2, -0.15) is 5.10 Å². The molecule has 3 N–H and O–H groups in total. The van der Waals surface area contributed by atoms with E-state index >= 15 is 0 Å². The lowest BCUT2D eigenvalue weighted by molar-refractivity contribution is 0.210. The molecule has 8 heteroatoms. The van der Waals surface area contributed by atoms with Crippen molar-refractivity contribution in [1.29, 1.82) is 0 Å². The van der Waals surface area contributed by atoms with Crippen LogP contribution in [0.1, 0.15) is 19.0 Å². The van der Waals surface area contributed by atoms with Crippen molar-refractivity contribution in [3.8, 4) is 5.75 Å². The molecule has 1 aromatic carbocycles. The Bertz CT molecular complexity index is 746. The summed E-state index contributed by atoms with van der Waals surface area (Å²) in [5, 5.41) is 7.00. The first-order valence-electron chi connectivity index (χ1n) is 7.87. The highest BCUT2D eigenvalue weighted by atomic mass is 19.1. The van der Waals surface area contributed by atoms with E-state index in [1.165, 1.54) is 18.2 Å². The van der Waals surface area contributed by atoms with E-state index in [1.54, 1.807) is 17.9 Å². The topological polar surface area (TPSA) is 85.4 Å². The van der Waals surface area contributed by atoms with Gasteiger partial charge in [0.2, 0.25) is 0 Å². The lowest BCUT2D eigenvalue weighted by atomic mass is 10.3. The molecule has 0 aliphatic carbocycles. The number of fused-ring (bicyclic) bond motifs is 1. The summed E-state index contributed by atoms with van der Waals surface area (Å²) in [6, 6.07) is 5.55. The van der Waals surface area contributed by atoms with Gasteiger partial charge >= 0.3 is 6.03 Å². The number of aromatic nitrogens is 2. The zero-order chi connectivity index (χ0) is 17.1. The average molecular weight is 333 g/mol. The molecule has 0 saturated carbocycles. The van der Waals surface area contributed by atoms with Gasteiger partial charge in [-0.05, 0) is 25.5 Å². The van der Waals surface area contributed by atoms with Crippen LogP contribution in [-0.2, 0) is 13.1 Å². The molecule has 1 aliphatic rings. The summed E-state index contributed by atoms with van der Waals surface area (Å²) in [7, 11) is 0. The van der Waals surface area contributed by atoms with Crippen LogP contribution in [0.3, 0.4) is 0 Å². The van der Waals surface area contributed by atoms with Gasteiger partial charge in [0.1, 0.15) is 17.4 Å². The van der Waals surface area contributed by atoms with Gasteiger partial charge in [-0.15, -0.1) is 0 Å². The molecule has 1 aromatic heterocycles. The highest BCUT2D eigenvalue weighted by Gasteiger charge is 2.21. The van der Waals surface area contributed by atoms with Crippen molar-refractivity contribution >= 4 is 17.5 Å². The molecule has 0 atom stereocenters. The number of benzene rings is 1. The molecular formula is C16H20FN5O2. The number of urea groups is 1. The predicted molar refractivity (Wildman–Crippen MR) is 88.3 cm³/mol. The predicted octanol–water partition coefficient (Wildman–Crippen LogP) is 2.44. The number of carbonyl (C=O) groups is 1. The molecule has 0 saturated heterocycles. The second-order valence-electron chi connectivity index (χ2n) is 5.56. The van der Waals surface area contributed by atoms with Crippen molar-refractivity contribution < 1.29 is 13.9 Å². The highest BCUT2D eigenvalue weighted by molar-refractivity contribution is 5.91. The molecular weight excluding hydrogens is 313 g/mol. The molecule has 0 fully saturated rings. The van der Waals surface area contributed by atoms with E-state index in [-0.39, 0.29) is 6.03 Å². The summed E-state index contributed by atoms with van der Waals surface area (Å²) in [4.78, 5) is 14.3. The molecule has 7 nitrogen and oxygen atoms in total. The summed E-state index contributed by atoms with van der Waals surface area (Å²) >= 11 is 0. The number of nitrogens with one attached hydrogen (secondary N) is 1. The van der Waals surface area contributed by atoms with Crippen LogP contribution >= 0.6 is 0 Å². The first-order chi connectivity index (χ1) is 11.6. The van der Waals surface area contributed by atoms with Gasteiger partial charge in [-0.3, -0.25) is 4.68 Å². The van der Waals surface area contributed by atoms with E-state index in [0.717, 1.165) is 18.7 Å². The number of amides is 2. The van der Waals surface area contributed by atoms with Gasteiger partial charge in [0.05, 0.1) is 24.5 Å². The Labute approximate surface area is 139 Å². The minimum Gasteiger partial charge on any atom is -0.492 e. The van der Waals surface area contributed by atoms with Gasteiger partial charge < -0.3 is 20.7 Å². The van der Waals surface area contributed by atoms with Crippen molar-refractivity contribution in [2.24, 2.45) is 0 Å². The largest absolute Gasteiger partial charge is 0.492 e. The molecule has 3 rings (SSSR count). The summed E-state index contributed by atoms with van der Waals surface area (Å²) in [5.74, 6) is 0.352. The molecule has 0 radical (unpaired) electrons. The zero-order valence-electron chi connectivity index (χ0n) is 13.5. The van der Waals surface area contributed by atoms with Crippen molar-refractivity contribution in [1.82, 2.24) is 14.7 Å². The Morgan fingerprint density at radius 3 is 3.04 bits per heavy atom. The molecule has 128 valence electrons. The van der Waals surface area contributed by atoms with Gasteiger partial charge in [0, 0.05) is 25.2 Å². The number of nitrogens with zero attached hydrogens (tertiary/aromatic N) is 3.